The number of hydrogen-bond donors (Lipinski definition) is 2. The predicted molar refractivity (Wildman–Crippen MR) is 118 cm³/mol. The van der Waals surface area contributed by atoms with Gasteiger partial charge in [-0.3, -0.25) is 14.5 Å². The molecule has 1 unspecified atom stereocenters. The van der Waals surface area contributed by atoms with Crippen LogP contribution in [0, 0.1) is 0 Å². The summed E-state index contributed by atoms with van der Waals surface area (Å²) in [5.74, 6) is 0.426. The van der Waals surface area contributed by atoms with Gasteiger partial charge in [0.05, 0.1) is 6.42 Å². The summed E-state index contributed by atoms with van der Waals surface area (Å²) in [4.78, 5) is 26.8. The van der Waals surface area contributed by atoms with Gasteiger partial charge in [-0.15, -0.1) is 0 Å². The van der Waals surface area contributed by atoms with Crippen molar-refractivity contribution in [3.8, 4) is 0 Å². The zero-order valence-electron chi connectivity index (χ0n) is 17.9. The lowest BCUT2D eigenvalue weighted by Gasteiger charge is -2.26. The Balaban J connectivity index is 1.51. The Morgan fingerprint density at radius 3 is 2.45 bits per heavy atom. The molecular weight excluding hydrogens is 362 g/mol. The van der Waals surface area contributed by atoms with Gasteiger partial charge in [-0.1, -0.05) is 63.6 Å². The highest BCUT2D eigenvalue weighted by Crippen LogP contribution is 2.32. The third-order valence-electron chi connectivity index (χ3n) is 6.30. The first-order chi connectivity index (χ1) is 14.2. The van der Waals surface area contributed by atoms with Gasteiger partial charge in [0.1, 0.15) is 6.04 Å². The van der Waals surface area contributed by atoms with E-state index in [1.807, 2.05) is 12.1 Å². The first kappa shape index (κ1) is 21.8. The second kappa shape index (κ2) is 11.3. The molecule has 2 aliphatic rings. The van der Waals surface area contributed by atoms with Crippen molar-refractivity contribution in [2.24, 2.45) is 0 Å². The fraction of sp³-hybridized carbons (Fsp3) is 0.667. The van der Waals surface area contributed by atoms with Gasteiger partial charge >= 0.3 is 0 Å². The van der Waals surface area contributed by atoms with Crippen LogP contribution < -0.4 is 10.6 Å². The fourth-order valence-corrected chi connectivity index (χ4v) is 4.56. The van der Waals surface area contributed by atoms with E-state index in [1.54, 1.807) is 0 Å². The van der Waals surface area contributed by atoms with Crippen molar-refractivity contribution in [3.63, 3.8) is 0 Å². The molecule has 0 spiro atoms. The molecule has 0 radical (unpaired) electrons. The summed E-state index contributed by atoms with van der Waals surface area (Å²) in [6.07, 6.45) is 10.8. The van der Waals surface area contributed by atoms with Crippen LogP contribution in [-0.2, 0) is 9.59 Å². The summed E-state index contributed by atoms with van der Waals surface area (Å²) in [5.41, 5.74) is 2.29. The predicted octanol–water partition coefficient (Wildman–Crippen LogP) is 4.44. The molecule has 2 fully saturated rings. The molecule has 5 nitrogen and oxygen atoms in total. The number of likely N-dealkylation sites (tertiary alicyclic amines) is 1. The number of amides is 2. The smallest absolute Gasteiger partial charge is 0.252 e. The fourth-order valence-electron chi connectivity index (χ4n) is 4.56. The first-order valence-corrected chi connectivity index (χ1v) is 11.6. The number of nitrogens with one attached hydrogen (secondary N) is 2. The molecule has 2 saturated heterocycles. The van der Waals surface area contributed by atoms with Gasteiger partial charge in [0.25, 0.3) is 5.91 Å². The van der Waals surface area contributed by atoms with Gasteiger partial charge in [-0.25, -0.2) is 0 Å². The van der Waals surface area contributed by atoms with Crippen LogP contribution >= 0.6 is 0 Å². The maximum Gasteiger partial charge on any atom is 0.252 e. The van der Waals surface area contributed by atoms with Crippen LogP contribution in [0.25, 0.3) is 0 Å². The van der Waals surface area contributed by atoms with Crippen molar-refractivity contribution >= 4 is 17.5 Å². The molecule has 29 heavy (non-hydrogen) atoms. The van der Waals surface area contributed by atoms with E-state index in [2.05, 4.69) is 29.7 Å². The van der Waals surface area contributed by atoms with Gasteiger partial charge in [0, 0.05) is 12.2 Å². The molecule has 0 aliphatic carbocycles. The Labute approximate surface area is 175 Å². The highest BCUT2D eigenvalue weighted by Gasteiger charge is 2.38. The number of carbonyl (C=O) groups is 2. The summed E-state index contributed by atoms with van der Waals surface area (Å²) in [5, 5.41) is 6.82. The molecule has 0 bridgehead atoms. The summed E-state index contributed by atoms with van der Waals surface area (Å²) >= 11 is 0. The van der Waals surface area contributed by atoms with Crippen LogP contribution in [0.15, 0.2) is 24.3 Å². The summed E-state index contributed by atoms with van der Waals surface area (Å²) in [7, 11) is 0. The molecule has 0 saturated carbocycles. The molecule has 5 heteroatoms. The number of rotatable bonds is 11. The maximum absolute atomic E-state index is 12.8. The van der Waals surface area contributed by atoms with E-state index in [0.29, 0.717) is 12.5 Å². The number of hydrogen-bond acceptors (Lipinski definition) is 4. The minimum absolute atomic E-state index is 0.0298. The molecule has 0 aromatic heterocycles. The van der Waals surface area contributed by atoms with Crippen LogP contribution in [0.4, 0.5) is 5.69 Å². The molecule has 160 valence electrons. The average Bonchev–Trinajstić information content (AvgIpc) is 3.01. The van der Waals surface area contributed by atoms with E-state index in [1.165, 1.54) is 42.6 Å². The monoisotopic (exact) mass is 399 g/mol. The molecular formula is C24H37N3O2. The van der Waals surface area contributed by atoms with Gasteiger partial charge in [-0.2, -0.15) is 0 Å². The first-order valence-electron chi connectivity index (χ1n) is 11.6. The quantitative estimate of drug-likeness (QED) is 0.426. The van der Waals surface area contributed by atoms with Gasteiger partial charge in [0.15, 0.2) is 0 Å². The third-order valence-corrected chi connectivity index (χ3v) is 6.30. The zero-order valence-corrected chi connectivity index (χ0v) is 17.9. The lowest BCUT2D eigenvalue weighted by atomic mass is 9.89. The van der Waals surface area contributed by atoms with Gasteiger partial charge < -0.3 is 10.6 Å². The number of anilines is 1. The highest BCUT2D eigenvalue weighted by atomic mass is 16.2. The largest absolute Gasteiger partial charge is 0.373 e. The maximum atomic E-state index is 12.8. The van der Waals surface area contributed by atoms with E-state index >= 15 is 0 Å². The topological polar surface area (TPSA) is 61.4 Å². The second-order valence-corrected chi connectivity index (χ2v) is 8.52. The summed E-state index contributed by atoms with van der Waals surface area (Å²) < 4.78 is 0. The minimum Gasteiger partial charge on any atom is -0.373 e. The Kier molecular flexibility index (Phi) is 8.53. The van der Waals surface area contributed by atoms with Crippen LogP contribution in [0.1, 0.15) is 82.6 Å². The number of carbonyl (C=O) groups excluding carboxylic acids is 2. The van der Waals surface area contributed by atoms with E-state index in [9.17, 15) is 9.59 Å². The Morgan fingerprint density at radius 2 is 1.69 bits per heavy atom. The number of benzene rings is 1. The molecule has 2 aliphatic heterocycles. The van der Waals surface area contributed by atoms with Crippen molar-refractivity contribution in [1.82, 2.24) is 10.2 Å². The number of nitrogens with zero attached hydrogens (tertiary/aromatic N) is 1. The van der Waals surface area contributed by atoms with Gasteiger partial charge in [-0.05, 0) is 49.9 Å². The van der Waals surface area contributed by atoms with Crippen molar-refractivity contribution in [1.29, 1.82) is 0 Å². The van der Waals surface area contributed by atoms with E-state index in [0.717, 1.165) is 44.5 Å². The highest BCUT2D eigenvalue weighted by molar-refractivity contribution is 6.06. The summed E-state index contributed by atoms with van der Waals surface area (Å²) in [6, 6.07) is 7.86. The van der Waals surface area contributed by atoms with Crippen molar-refractivity contribution in [3.05, 3.63) is 29.8 Å². The number of piperidine rings is 1. The number of unbranched alkanes of at least 4 members (excludes halogenated alkanes) is 6. The molecule has 1 aromatic carbocycles. The van der Waals surface area contributed by atoms with E-state index in [-0.39, 0.29) is 18.2 Å². The van der Waals surface area contributed by atoms with Gasteiger partial charge in [0.2, 0.25) is 5.91 Å². The minimum atomic E-state index is -0.421. The second-order valence-electron chi connectivity index (χ2n) is 8.52. The lowest BCUT2D eigenvalue weighted by molar-refractivity contribution is -0.138. The van der Waals surface area contributed by atoms with Crippen molar-refractivity contribution in [2.75, 3.05) is 25.0 Å². The van der Waals surface area contributed by atoms with Crippen LogP contribution in [0.3, 0.4) is 0 Å². The Morgan fingerprint density at radius 1 is 1.00 bits per heavy atom. The summed E-state index contributed by atoms with van der Waals surface area (Å²) in [6.45, 7) is 4.86. The SMILES string of the molecule is CCCCCCCCCN1C(=O)CC(Nc2ccccc2C2CCNCC2)C1=O. The molecule has 2 N–H and O–H groups in total. The Bertz CT molecular complexity index is 670. The Hall–Kier alpha value is -1.88. The van der Waals surface area contributed by atoms with Crippen LogP contribution in [0.5, 0.6) is 0 Å². The standard InChI is InChI=1S/C24H37N3O2/c1-2-3-4-5-6-7-10-17-27-23(28)18-22(24(27)29)26-21-12-9-8-11-20(21)19-13-15-25-16-14-19/h8-9,11-12,19,22,25-26H,2-7,10,13-18H2,1H3. The van der Waals surface area contributed by atoms with Crippen LogP contribution in [-0.4, -0.2) is 42.4 Å². The zero-order chi connectivity index (χ0) is 20.5. The molecule has 1 aromatic rings. The number of imide groups is 1. The third kappa shape index (κ3) is 6.05. The molecule has 2 heterocycles. The molecule has 1 atom stereocenters. The normalized spacial score (nSPS) is 20.4. The van der Waals surface area contributed by atoms with Crippen LogP contribution in [0.2, 0.25) is 0 Å². The molecule has 3 rings (SSSR count). The van der Waals surface area contributed by atoms with E-state index < -0.39 is 6.04 Å². The molecule has 2 amide bonds. The number of para-hydroxylation sites is 1. The van der Waals surface area contributed by atoms with E-state index in [4.69, 9.17) is 0 Å². The van der Waals surface area contributed by atoms with Crippen molar-refractivity contribution < 1.29 is 9.59 Å². The van der Waals surface area contributed by atoms with Crippen molar-refractivity contribution in [2.45, 2.75) is 83.1 Å². The lowest BCUT2D eigenvalue weighted by Crippen LogP contribution is -2.35. The average molecular weight is 400 g/mol.